The molecule has 0 aliphatic carbocycles. The summed E-state index contributed by atoms with van der Waals surface area (Å²) in [6.07, 6.45) is -10.9. The Hall–Kier alpha value is -2.36. The summed E-state index contributed by atoms with van der Waals surface area (Å²) in [5.41, 5.74) is -3.02. The normalized spacial score (nSPS) is 14.7. The van der Waals surface area contributed by atoms with Gasteiger partial charge in [0.1, 0.15) is 0 Å². The molecule has 0 saturated heterocycles. The van der Waals surface area contributed by atoms with Crippen molar-refractivity contribution < 1.29 is 70.7 Å². The van der Waals surface area contributed by atoms with Crippen LogP contribution in [0.1, 0.15) is 5.56 Å². The van der Waals surface area contributed by atoms with Crippen LogP contribution >= 0.6 is 0 Å². The Balaban J connectivity index is 3.36. The van der Waals surface area contributed by atoms with Crippen molar-refractivity contribution in [3.63, 3.8) is 0 Å². The van der Waals surface area contributed by atoms with Gasteiger partial charge in [-0.2, -0.15) is 57.1 Å². The van der Waals surface area contributed by atoms with E-state index < -0.39 is 59.4 Å². The smallest absolute Gasteiger partial charge is 0.321 e. The van der Waals surface area contributed by atoms with Crippen molar-refractivity contribution in [1.82, 2.24) is 0 Å². The lowest BCUT2D eigenvalue weighted by atomic mass is 9.94. The van der Waals surface area contributed by atoms with Gasteiger partial charge in [0, 0.05) is 5.69 Å². The molecule has 0 atom stereocenters. The second kappa shape index (κ2) is 7.65. The summed E-state index contributed by atoms with van der Waals surface area (Å²) >= 11 is 0. The van der Waals surface area contributed by atoms with Crippen LogP contribution in [-0.2, 0) is 11.0 Å². The highest BCUT2D eigenvalue weighted by atomic mass is 19.4. The first-order valence-corrected chi connectivity index (χ1v) is 7.21. The molecule has 0 aliphatic heterocycles. The van der Waals surface area contributed by atoms with Crippen molar-refractivity contribution in [1.29, 1.82) is 0 Å². The molecule has 31 heavy (non-hydrogen) atoms. The summed E-state index contributed by atoms with van der Waals surface area (Å²) in [6, 6.07) is 0.938. The predicted octanol–water partition coefficient (Wildman–Crippen LogP) is 6.09. The molecular formula is C14H6F15NO. The Bertz CT molecular complexity index is 814. The van der Waals surface area contributed by atoms with E-state index in [9.17, 15) is 70.7 Å². The number of carbonyl (C=O) groups excluding carboxylic acids is 1. The molecule has 0 radical (unpaired) electrons. The second-order valence-electron chi connectivity index (χ2n) is 5.75. The molecule has 17 heteroatoms. The fraction of sp³-hybridized carbons (Fsp3) is 0.500. The monoisotopic (exact) mass is 489 g/mol. The lowest BCUT2D eigenvalue weighted by Crippen LogP contribution is -2.70. The average molecular weight is 489 g/mol. The van der Waals surface area contributed by atoms with Gasteiger partial charge in [-0.15, -0.1) is 0 Å². The van der Waals surface area contributed by atoms with E-state index in [0.29, 0.717) is 23.5 Å². The number of carbonyl (C=O) groups is 1. The first-order chi connectivity index (χ1) is 13.5. The third-order valence-electron chi connectivity index (χ3n) is 3.61. The molecular weight excluding hydrogens is 483 g/mol. The Morgan fingerprint density at radius 1 is 0.742 bits per heavy atom. The molecule has 2 nitrogen and oxygen atoms in total. The van der Waals surface area contributed by atoms with Crippen LogP contribution in [0.4, 0.5) is 71.5 Å². The number of rotatable bonds is 7. The first kappa shape index (κ1) is 26.7. The van der Waals surface area contributed by atoms with E-state index in [1.54, 1.807) is 0 Å². The topological polar surface area (TPSA) is 29.1 Å². The van der Waals surface area contributed by atoms with Crippen LogP contribution in [0.3, 0.4) is 0 Å². The maximum Gasteiger partial charge on any atom is 0.416 e. The highest BCUT2D eigenvalue weighted by molar-refractivity contribution is 5.97. The predicted molar refractivity (Wildman–Crippen MR) is 70.8 cm³/mol. The van der Waals surface area contributed by atoms with E-state index in [-0.39, 0.29) is 6.07 Å². The lowest BCUT2D eigenvalue weighted by molar-refractivity contribution is -0.406. The Morgan fingerprint density at radius 2 is 1.23 bits per heavy atom. The van der Waals surface area contributed by atoms with Crippen molar-refractivity contribution in [2.24, 2.45) is 0 Å². The molecule has 0 aromatic heterocycles. The largest absolute Gasteiger partial charge is 0.416 e. The number of halogens is 15. The molecule has 178 valence electrons. The van der Waals surface area contributed by atoms with Gasteiger partial charge in [-0.1, -0.05) is 6.07 Å². The first-order valence-electron chi connectivity index (χ1n) is 7.21. The van der Waals surface area contributed by atoms with Crippen LogP contribution in [0.2, 0.25) is 0 Å². The van der Waals surface area contributed by atoms with Crippen LogP contribution in [-0.4, -0.2) is 41.9 Å². The van der Waals surface area contributed by atoms with E-state index in [4.69, 9.17) is 0 Å². The minimum absolute atomic E-state index is 0.149. The zero-order valence-corrected chi connectivity index (χ0v) is 14.0. The van der Waals surface area contributed by atoms with Gasteiger partial charge in [-0.05, 0) is 18.2 Å². The Labute approximate surface area is 161 Å². The summed E-state index contributed by atoms with van der Waals surface area (Å²) in [5, 5.41) is 0.603. The van der Waals surface area contributed by atoms with E-state index in [2.05, 4.69) is 0 Å². The van der Waals surface area contributed by atoms with Gasteiger partial charge in [-0.25, -0.2) is 8.78 Å². The van der Waals surface area contributed by atoms with Crippen molar-refractivity contribution in [3.8, 4) is 0 Å². The molecule has 0 aliphatic rings. The van der Waals surface area contributed by atoms with Crippen molar-refractivity contribution in [2.45, 2.75) is 42.2 Å². The van der Waals surface area contributed by atoms with Crippen molar-refractivity contribution in [2.75, 3.05) is 5.32 Å². The zero-order valence-electron chi connectivity index (χ0n) is 14.0. The number of amides is 1. The highest BCUT2D eigenvalue weighted by Gasteiger charge is 2.89. The molecule has 1 aromatic rings. The van der Waals surface area contributed by atoms with Gasteiger partial charge < -0.3 is 5.32 Å². The van der Waals surface area contributed by atoms with Crippen LogP contribution in [0, 0.1) is 0 Å². The molecule has 1 amide bonds. The van der Waals surface area contributed by atoms with E-state index >= 15 is 0 Å². The lowest BCUT2D eigenvalue weighted by Gasteiger charge is -2.38. The van der Waals surface area contributed by atoms with E-state index in [0.717, 1.165) is 0 Å². The maximum atomic E-state index is 13.6. The average Bonchev–Trinajstić information content (AvgIpc) is 2.60. The maximum absolute atomic E-state index is 13.6. The molecule has 0 fully saturated rings. The number of benzene rings is 1. The van der Waals surface area contributed by atoms with Crippen molar-refractivity contribution in [3.05, 3.63) is 29.8 Å². The second-order valence-corrected chi connectivity index (χ2v) is 5.75. The number of alkyl halides is 15. The molecule has 0 spiro atoms. The van der Waals surface area contributed by atoms with Gasteiger partial charge >= 0.3 is 48.1 Å². The van der Waals surface area contributed by atoms with Crippen LogP contribution in [0.15, 0.2) is 24.3 Å². The van der Waals surface area contributed by atoms with Gasteiger partial charge in [0.2, 0.25) is 0 Å². The molecule has 0 unspecified atom stereocenters. The number of hydrogen-bond donors (Lipinski definition) is 1. The summed E-state index contributed by atoms with van der Waals surface area (Å²) in [4.78, 5) is 11.3. The van der Waals surface area contributed by atoms with Gasteiger partial charge in [-0.3, -0.25) is 4.79 Å². The fourth-order valence-electron chi connectivity index (χ4n) is 1.87. The third kappa shape index (κ3) is 4.22. The third-order valence-corrected chi connectivity index (χ3v) is 3.61. The standard InChI is InChI=1S/C14H6F15NO/c15-7(16)9(17,18)12(24,25)14(28,29)13(26,27)10(19,20)8(31)30-6-3-1-2-5(4-6)11(21,22)23/h1-4,7H,(H,30,31). The number of nitrogens with one attached hydrogen (secondary N) is 1. The molecule has 0 heterocycles. The highest BCUT2D eigenvalue weighted by Crippen LogP contribution is 2.58. The fourth-order valence-corrected chi connectivity index (χ4v) is 1.87. The van der Waals surface area contributed by atoms with Gasteiger partial charge in [0.15, 0.2) is 0 Å². The van der Waals surface area contributed by atoms with Gasteiger partial charge in [0.25, 0.3) is 0 Å². The number of anilines is 1. The molecule has 1 rings (SSSR count). The zero-order chi connectivity index (χ0) is 24.8. The Kier molecular flexibility index (Phi) is 6.58. The quantitative estimate of drug-likeness (QED) is 0.462. The molecule has 0 saturated carbocycles. The summed E-state index contributed by atoms with van der Waals surface area (Å²) in [5.74, 6) is -41.3. The van der Waals surface area contributed by atoms with Crippen molar-refractivity contribution >= 4 is 11.6 Å². The molecule has 1 aromatic carbocycles. The SMILES string of the molecule is O=C(Nc1cccc(C(F)(F)F)c1)C(F)(F)C(F)(F)C(F)(F)C(F)(F)C(F)(F)C(F)F. The summed E-state index contributed by atoms with van der Waals surface area (Å²) < 4.78 is 194. The summed E-state index contributed by atoms with van der Waals surface area (Å²) in [6.45, 7) is 0. The van der Waals surface area contributed by atoms with Crippen LogP contribution < -0.4 is 5.32 Å². The summed E-state index contributed by atoms with van der Waals surface area (Å²) in [7, 11) is 0. The van der Waals surface area contributed by atoms with Crippen LogP contribution in [0.25, 0.3) is 0 Å². The minimum atomic E-state index is -7.94. The Morgan fingerprint density at radius 3 is 1.65 bits per heavy atom. The minimum Gasteiger partial charge on any atom is -0.321 e. The van der Waals surface area contributed by atoms with Crippen LogP contribution in [0.5, 0.6) is 0 Å². The molecule has 1 N–H and O–H groups in total. The van der Waals surface area contributed by atoms with E-state index in [1.165, 1.54) is 0 Å². The van der Waals surface area contributed by atoms with Gasteiger partial charge in [0.05, 0.1) is 5.56 Å². The molecule has 0 bridgehead atoms. The van der Waals surface area contributed by atoms with E-state index in [1.807, 2.05) is 0 Å². The number of hydrogen-bond acceptors (Lipinski definition) is 1.